The van der Waals surface area contributed by atoms with Crippen LogP contribution in [0.2, 0.25) is 0 Å². The van der Waals surface area contributed by atoms with E-state index in [0.29, 0.717) is 17.8 Å². The van der Waals surface area contributed by atoms with E-state index in [1.807, 2.05) is 38.4 Å². The van der Waals surface area contributed by atoms with E-state index >= 15 is 0 Å². The number of nitrogens with zero attached hydrogens (tertiary/aromatic N) is 2. The highest BCUT2D eigenvalue weighted by atomic mass is 19.4. The standard InChI is InChI=1S/C20H21F4N3.C2H6/c1-12(2)16(10-13(3)20(22,23)24)18-11-19-17(8-9-27(19)26-18)25-15-6-4-14(21)5-7-15;1-2/h4-7,10-12,17,25H,3,8-9H2,1-2H3;1-2H3/b16-10+;. The summed E-state index contributed by atoms with van der Waals surface area (Å²) in [6.45, 7) is 11.5. The number of fused-ring (bicyclic) bond motifs is 1. The predicted molar refractivity (Wildman–Crippen MR) is 109 cm³/mol. The first-order chi connectivity index (χ1) is 13.6. The minimum Gasteiger partial charge on any atom is -0.377 e. The lowest BCUT2D eigenvalue weighted by Gasteiger charge is -2.14. The average molecular weight is 409 g/mol. The summed E-state index contributed by atoms with van der Waals surface area (Å²) in [4.78, 5) is 0. The van der Waals surface area contributed by atoms with Gasteiger partial charge in [0.05, 0.1) is 17.4 Å². The molecule has 1 aromatic carbocycles. The van der Waals surface area contributed by atoms with E-state index < -0.39 is 11.7 Å². The van der Waals surface area contributed by atoms with Gasteiger partial charge in [-0.05, 0) is 54.3 Å². The second kappa shape index (κ2) is 9.29. The van der Waals surface area contributed by atoms with Gasteiger partial charge in [-0.25, -0.2) is 4.39 Å². The number of nitrogens with one attached hydrogen (secondary N) is 1. The van der Waals surface area contributed by atoms with E-state index in [1.165, 1.54) is 12.1 Å². The summed E-state index contributed by atoms with van der Waals surface area (Å²) in [7, 11) is 0. The van der Waals surface area contributed by atoms with Crippen LogP contribution < -0.4 is 5.32 Å². The summed E-state index contributed by atoms with van der Waals surface area (Å²) in [5.41, 5.74) is 1.82. The quantitative estimate of drug-likeness (QED) is 0.437. The summed E-state index contributed by atoms with van der Waals surface area (Å²) in [5, 5.41) is 7.82. The van der Waals surface area contributed by atoms with Crippen molar-refractivity contribution in [1.82, 2.24) is 9.78 Å². The highest BCUT2D eigenvalue weighted by Crippen LogP contribution is 2.35. The summed E-state index contributed by atoms with van der Waals surface area (Å²) >= 11 is 0. The van der Waals surface area contributed by atoms with Gasteiger partial charge in [-0.1, -0.05) is 34.3 Å². The van der Waals surface area contributed by atoms with Crippen LogP contribution in [0, 0.1) is 11.7 Å². The SMILES string of the molecule is C=C(/C=C(/c1cc2n(n1)CCC2Nc1ccc(F)cc1)C(C)C)C(F)(F)F.CC. The number of benzene rings is 1. The zero-order chi connectivity index (χ0) is 21.8. The van der Waals surface area contributed by atoms with Crippen LogP contribution in [0.4, 0.5) is 23.2 Å². The minimum absolute atomic E-state index is 0.0315. The van der Waals surface area contributed by atoms with Crippen LogP contribution in [0.25, 0.3) is 5.57 Å². The lowest BCUT2D eigenvalue weighted by molar-refractivity contribution is -0.0877. The van der Waals surface area contributed by atoms with E-state index in [2.05, 4.69) is 17.0 Å². The summed E-state index contributed by atoms with van der Waals surface area (Å²) in [6.07, 6.45) is -2.59. The molecule has 29 heavy (non-hydrogen) atoms. The molecule has 0 saturated carbocycles. The summed E-state index contributed by atoms with van der Waals surface area (Å²) in [6, 6.07) is 7.86. The number of hydrogen-bond acceptors (Lipinski definition) is 2. The Kier molecular flexibility index (Phi) is 7.27. The molecule has 3 nitrogen and oxygen atoms in total. The molecular weight excluding hydrogens is 382 g/mol. The van der Waals surface area contributed by atoms with Gasteiger partial charge >= 0.3 is 6.18 Å². The predicted octanol–water partition coefficient (Wildman–Crippen LogP) is 6.76. The number of rotatable bonds is 5. The van der Waals surface area contributed by atoms with Crippen LogP contribution in [-0.2, 0) is 6.54 Å². The largest absolute Gasteiger partial charge is 0.415 e. The molecule has 0 saturated heterocycles. The molecule has 1 unspecified atom stereocenters. The maximum atomic E-state index is 13.1. The van der Waals surface area contributed by atoms with E-state index in [1.54, 1.807) is 12.1 Å². The van der Waals surface area contributed by atoms with Crippen molar-refractivity contribution in [3.05, 3.63) is 65.8 Å². The fourth-order valence-electron chi connectivity index (χ4n) is 3.13. The van der Waals surface area contributed by atoms with E-state index in [0.717, 1.165) is 23.9 Å². The van der Waals surface area contributed by atoms with Crippen LogP contribution in [0.15, 0.2) is 48.6 Å². The molecule has 0 fully saturated rings. The molecule has 1 atom stereocenters. The average Bonchev–Trinajstić information content (AvgIpc) is 3.23. The van der Waals surface area contributed by atoms with Crippen LogP contribution >= 0.6 is 0 Å². The summed E-state index contributed by atoms with van der Waals surface area (Å²) < 4.78 is 53.5. The monoisotopic (exact) mass is 409 g/mol. The molecule has 158 valence electrons. The van der Waals surface area contributed by atoms with Crippen molar-refractivity contribution in [3.8, 4) is 0 Å². The van der Waals surface area contributed by atoms with Crippen molar-refractivity contribution in [2.45, 2.75) is 52.9 Å². The van der Waals surface area contributed by atoms with E-state index in [-0.39, 0.29) is 17.8 Å². The van der Waals surface area contributed by atoms with E-state index in [4.69, 9.17) is 0 Å². The third-order valence-electron chi connectivity index (χ3n) is 4.59. The van der Waals surface area contributed by atoms with Crippen molar-refractivity contribution in [2.24, 2.45) is 5.92 Å². The van der Waals surface area contributed by atoms with Gasteiger partial charge in [-0.15, -0.1) is 0 Å². The normalized spacial score (nSPS) is 16.3. The molecule has 1 aliphatic heterocycles. The third kappa shape index (κ3) is 5.49. The highest BCUT2D eigenvalue weighted by Gasteiger charge is 2.32. The number of aryl methyl sites for hydroxylation is 1. The Hall–Kier alpha value is -2.57. The molecule has 2 aromatic rings. The van der Waals surface area contributed by atoms with Crippen molar-refractivity contribution < 1.29 is 17.6 Å². The number of hydrogen-bond donors (Lipinski definition) is 1. The summed E-state index contributed by atoms with van der Waals surface area (Å²) in [5.74, 6) is -0.445. The van der Waals surface area contributed by atoms with Gasteiger partial charge in [-0.3, -0.25) is 4.68 Å². The Bertz CT molecular complexity index is 861. The van der Waals surface area contributed by atoms with Gasteiger partial charge in [-0.2, -0.15) is 18.3 Å². The third-order valence-corrected chi connectivity index (χ3v) is 4.59. The maximum absolute atomic E-state index is 13.1. The Morgan fingerprint density at radius 2 is 1.86 bits per heavy atom. The lowest BCUT2D eigenvalue weighted by atomic mass is 9.97. The molecule has 7 heteroatoms. The van der Waals surface area contributed by atoms with E-state index in [9.17, 15) is 17.6 Å². The smallest absolute Gasteiger partial charge is 0.377 e. The molecular formula is C22H27F4N3. The molecule has 0 bridgehead atoms. The topological polar surface area (TPSA) is 29.9 Å². The van der Waals surface area contributed by atoms with Gasteiger partial charge in [0.15, 0.2) is 0 Å². The molecule has 1 aromatic heterocycles. The van der Waals surface area contributed by atoms with Crippen LogP contribution in [0.5, 0.6) is 0 Å². The minimum atomic E-state index is -4.46. The fraction of sp³-hybridized carbons (Fsp3) is 0.409. The number of aromatic nitrogens is 2. The van der Waals surface area contributed by atoms with Gasteiger partial charge in [0.25, 0.3) is 0 Å². The maximum Gasteiger partial charge on any atom is 0.415 e. The molecule has 1 N–H and O–H groups in total. The van der Waals surface area contributed by atoms with Crippen LogP contribution in [-0.4, -0.2) is 16.0 Å². The van der Waals surface area contributed by atoms with Gasteiger partial charge in [0.2, 0.25) is 0 Å². The molecule has 0 amide bonds. The van der Waals surface area contributed by atoms with Crippen molar-refractivity contribution in [2.75, 3.05) is 5.32 Å². The number of allylic oxidation sites excluding steroid dienone is 3. The first-order valence-electron chi connectivity index (χ1n) is 9.73. The zero-order valence-corrected chi connectivity index (χ0v) is 17.1. The van der Waals surface area contributed by atoms with Crippen molar-refractivity contribution in [3.63, 3.8) is 0 Å². The number of anilines is 1. The molecule has 0 aliphatic carbocycles. The van der Waals surface area contributed by atoms with Crippen LogP contribution in [0.1, 0.15) is 51.5 Å². The van der Waals surface area contributed by atoms with Gasteiger partial charge in [0.1, 0.15) is 5.82 Å². The Morgan fingerprint density at radius 3 is 2.41 bits per heavy atom. The zero-order valence-electron chi connectivity index (χ0n) is 17.1. The van der Waals surface area contributed by atoms with Crippen molar-refractivity contribution in [1.29, 1.82) is 0 Å². The Morgan fingerprint density at radius 1 is 1.24 bits per heavy atom. The van der Waals surface area contributed by atoms with Gasteiger partial charge in [0, 0.05) is 17.8 Å². The van der Waals surface area contributed by atoms with Crippen LogP contribution in [0.3, 0.4) is 0 Å². The van der Waals surface area contributed by atoms with Gasteiger partial charge < -0.3 is 5.32 Å². The fourth-order valence-corrected chi connectivity index (χ4v) is 3.13. The first kappa shape index (κ1) is 22.7. The Balaban J connectivity index is 0.00000145. The first-order valence-corrected chi connectivity index (χ1v) is 9.73. The molecule has 3 rings (SSSR count). The molecule has 0 spiro atoms. The molecule has 2 heterocycles. The molecule has 0 radical (unpaired) electrons. The second-order valence-electron chi connectivity index (χ2n) is 6.95. The highest BCUT2D eigenvalue weighted by molar-refractivity contribution is 5.67. The lowest BCUT2D eigenvalue weighted by Crippen LogP contribution is -2.10. The number of halogens is 4. The number of alkyl halides is 3. The van der Waals surface area contributed by atoms with Crippen molar-refractivity contribution >= 4 is 11.3 Å². The molecule has 1 aliphatic rings. The Labute approximate surface area is 169 Å². The second-order valence-corrected chi connectivity index (χ2v) is 6.95.